The number of primary amides is 1. The van der Waals surface area contributed by atoms with Crippen LogP contribution in [0.15, 0.2) is 18.2 Å². The highest BCUT2D eigenvalue weighted by Gasteiger charge is 2.03. The molecule has 0 saturated heterocycles. The number of hydrogen-bond donors (Lipinski definition) is 2. The minimum atomic E-state index is -2.19. The van der Waals surface area contributed by atoms with Gasteiger partial charge in [-0.05, 0) is 17.7 Å². The predicted molar refractivity (Wildman–Crippen MR) is 57.3 cm³/mol. The second kappa shape index (κ2) is 5.11. The molecule has 0 bridgehead atoms. The molecular formula is C8H8ClN2O3S-. The van der Waals surface area contributed by atoms with E-state index in [0.717, 1.165) is 0 Å². The molecule has 7 heteroatoms. The quantitative estimate of drug-likeness (QED) is 0.786. The lowest BCUT2D eigenvalue weighted by molar-refractivity contribution is 0.259. The van der Waals surface area contributed by atoms with Crippen molar-refractivity contribution >= 4 is 34.4 Å². The van der Waals surface area contributed by atoms with E-state index in [1.165, 1.54) is 18.2 Å². The molecule has 0 aliphatic carbocycles. The molecule has 1 aromatic carbocycles. The maximum Gasteiger partial charge on any atom is 0.316 e. The monoisotopic (exact) mass is 247 g/mol. The van der Waals surface area contributed by atoms with E-state index in [9.17, 15) is 13.6 Å². The van der Waals surface area contributed by atoms with Gasteiger partial charge in [0.05, 0.1) is 0 Å². The second-order valence-corrected chi connectivity index (χ2v) is 4.05. The van der Waals surface area contributed by atoms with Gasteiger partial charge < -0.3 is 15.6 Å². The van der Waals surface area contributed by atoms with Crippen molar-refractivity contribution in [2.24, 2.45) is 5.73 Å². The van der Waals surface area contributed by atoms with Crippen LogP contribution in [0.5, 0.6) is 0 Å². The van der Waals surface area contributed by atoms with Crippen LogP contribution in [0.2, 0.25) is 5.02 Å². The van der Waals surface area contributed by atoms with E-state index in [1.807, 2.05) is 0 Å². The summed E-state index contributed by atoms with van der Waals surface area (Å²) in [5.74, 6) is -0.157. The Morgan fingerprint density at radius 3 is 2.73 bits per heavy atom. The molecule has 1 rings (SSSR count). The van der Waals surface area contributed by atoms with Gasteiger partial charge in [-0.15, -0.1) is 0 Å². The Balaban J connectivity index is 2.87. The van der Waals surface area contributed by atoms with Gasteiger partial charge in [-0.25, -0.2) is 4.79 Å². The molecule has 0 aliphatic heterocycles. The van der Waals surface area contributed by atoms with Gasteiger partial charge in [0.1, 0.15) is 0 Å². The van der Waals surface area contributed by atoms with Gasteiger partial charge in [0, 0.05) is 16.5 Å². The standard InChI is InChI=1S/C8H9ClN2O3S/c9-7-3-6(11-8(10)12)2-1-5(7)4-15(13)14/h1-3H,4H2,(H,13,14)(H3,10,11,12)/p-1. The molecule has 5 nitrogen and oxygen atoms in total. The molecule has 0 fully saturated rings. The van der Waals surface area contributed by atoms with Gasteiger partial charge in [-0.3, -0.25) is 4.21 Å². The molecule has 0 saturated carbocycles. The predicted octanol–water partition coefficient (Wildman–Crippen LogP) is 1.21. The van der Waals surface area contributed by atoms with Gasteiger partial charge in [0.2, 0.25) is 0 Å². The lowest BCUT2D eigenvalue weighted by Crippen LogP contribution is -2.19. The first-order valence-electron chi connectivity index (χ1n) is 3.90. The van der Waals surface area contributed by atoms with E-state index in [2.05, 4.69) is 5.32 Å². The van der Waals surface area contributed by atoms with Crippen LogP contribution < -0.4 is 11.1 Å². The number of nitrogens with two attached hydrogens (primary N) is 1. The summed E-state index contributed by atoms with van der Waals surface area (Å²) in [7, 11) is 0. The van der Waals surface area contributed by atoms with E-state index < -0.39 is 17.1 Å². The van der Waals surface area contributed by atoms with Gasteiger partial charge >= 0.3 is 6.03 Å². The lowest BCUT2D eigenvalue weighted by Gasteiger charge is -2.08. The number of carbonyl (C=O) groups excluding carboxylic acids is 1. The fourth-order valence-corrected chi connectivity index (χ4v) is 1.84. The van der Waals surface area contributed by atoms with Crippen LogP contribution >= 0.6 is 11.6 Å². The lowest BCUT2D eigenvalue weighted by atomic mass is 10.2. The summed E-state index contributed by atoms with van der Waals surface area (Å²) in [6.07, 6.45) is 0. The summed E-state index contributed by atoms with van der Waals surface area (Å²) in [6, 6.07) is 3.78. The van der Waals surface area contributed by atoms with Crippen LogP contribution in [0.4, 0.5) is 10.5 Å². The number of hydrogen-bond acceptors (Lipinski definition) is 3. The zero-order valence-electron chi connectivity index (χ0n) is 7.53. The molecule has 82 valence electrons. The number of nitrogens with one attached hydrogen (secondary N) is 1. The third kappa shape index (κ3) is 3.86. The van der Waals surface area contributed by atoms with E-state index in [0.29, 0.717) is 11.3 Å². The van der Waals surface area contributed by atoms with Crippen molar-refractivity contribution in [1.82, 2.24) is 0 Å². The fraction of sp³-hybridized carbons (Fsp3) is 0.125. The van der Waals surface area contributed by atoms with Gasteiger partial charge in [0.15, 0.2) is 0 Å². The summed E-state index contributed by atoms with van der Waals surface area (Å²) in [5.41, 5.74) is 5.80. The number of amides is 2. The molecule has 1 unspecified atom stereocenters. The molecule has 15 heavy (non-hydrogen) atoms. The Labute approximate surface area is 93.9 Å². The molecule has 1 aromatic rings. The van der Waals surface area contributed by atoms with Gasteiger partial charge in [0.25, 0.3) is 0 Å². The number of rotatable bonds is 3. The third-order valence-corrected chi connectivity index (χ3v) is 2.49. The Morgan fingerprint density at radius 1 is 1.60 bits per heavy atom. The summed E-state index contributed by atoms with van der Waals surface area (Å²) < 4.78 is 20.9. The van der Waals surface area contributed by atoms with Crippen molar-refractivity contribution in [2.45, 2.75) is 5.75 Å². The SMILES string of the molecule is NC(=O)Nc1ccc(CS(=O)[O-])c(Cl)c1. The van der Waals surface area contributed by atoms with Crippen LogP contribution in [0.25, 0.3) is 0 Å². The van der Waals surface area contributed by atoms with Crippen LogP contribution in [-0.4, -0.2) is 14.8 Å². The van der Waals surface area contributed by atoms with Crippen molar-refractivity contribution < 1.29 is 13.6 Å². The van der Waals surface area contributed by atoms with E-state index in [1.54, 1.807) is 0 Å². The maximum absolute atomic E-state index is 10.5. The minimum absolute atomic E-state index is 0.157. The van der Waals surface area contributed by atoms with Crippen molar-refractivity contribution in [2.75, 3.05) is 5.32 Å². The Bertz CT molecular complexity index is 411. The van der Waals surface area contributed by atoms with Crippen LogP contribution in [0.1, 0.15) is 5.56 Å². The van der Waals surface area contributed by atoms with Crippen molar-refractivity contribution in [1.29, 1.82) is 0 Å². The van der Waals surface area contributed by atoms with E-state index in [-0.39, 0.29) is 10.8 Å². The molecule has 3 N–H and O–H groups in total. The Kier molecular flexibility index (Phi) is 4.07. The summed E-state index contributed by atoms with van der Waals surface area (Å²) in [5, 5.41) is 2.60. The highest BCUT2D eigenvalue weighted by molar-refractivity contribution is 7.78. The molecule has 0 aliphatic rings. The van der Waals surface area contributed by atoms with E-state index in [4.69, 9.17) is 17.3 Å². The largest absolute Gasteiger partial charge is 0.772 e. The summed E-state index contributed by atoms with van der Waals surface area (Å²) >= 11 is 3.60. The third-order valence-electron chi connectivity index (χ3n) is 1.59. The molecule has 0 spiro atoms. The zero-order chi connectivity index (χ0) is 11.4. The normalized spacial score (nSPS) is 12.1. The number of benzene rings is 1. The molecule has 2 amide bonds. The molecule has 1 atom stereocenters. The average molecular weight is 248 g/mol. The van der Waals surface area contributed by atoms with Crippen LogP contribution in [-0.2, 0) is 16.8 Å². The van der Waals surface area contributed by atoms with E-state index >= 15 is 0 Å². The summed E-state index contributed by atoms with van der Waals surface area (Å²) in [6.45, 7) is 0. The van der Waals surface area contributed by atoms with Gasteiger partial charge in [-0.1, -0.05) is 28.7 Å². The van der Waals surface area contributed by atoms with Crippen molar-refractivity contribution in [3.8, 4) is 0 Å². The average Bonchev–Trinajstić information content (AvgIpc) is 2.08. The Morgan fingerprint density at radius 2 is 2.27 bits per heavy atom. The molecule has 0 radical (unpaired) electrons. The molecular weight excluding hydrogens is 240 g/mol. The smallest absolute Gasteiger partial charge is 0.316 e. The maximum atomic E-state index is 10.5. The van der Waals surface area contributed by atoms with Gasteiger partial charge in [-0.2, -0.15) is 0 Å². The van der Waals surface area contributed by atoms with Crippen LogP contribution in [0, 0.1) is 0 Å². The first-order chi connectivity index (χ1) is 6.99. The van der Waals surface area contributed by atoms with Crippen molar-refractivity contribution in [3.63, 3.8) is 0 Å². The first kappa shape index (κ1) is 12.0. The zero-order valence-corrected chi connectivity index (χ0v) is 9.10. The number of halogens is 1. The number of anilines is 1. The van der Waals surface area contributed by atoms with Crippen LogP contribution in [0.3, 0.4) is 0 Å². The second-order valence-electron chi connectivity index (χ2n) is 2.74. The Hall–Kier alpha value is -1.11. The fourth-order valence-electron chi connectivity index (χ4n) is 1.01. The number of carbonyl (C=O) groups is 1. The topological polar surface area (TPSA) is 95.2 Å². The highest BCUT2D eigenvalue weighted by Crippen LogP contribution is 2.21. The molecule has 0 aromatic heterocycles. The first-order valence-corrected chi connectivity index (χ1v) is 5.52. The number of urea groups is 1. The summed E-state index contributed by atoms with van der Waals surface area (Å²) in [4.78, 5) is 10.5. The minimum Gasteiger partial charge on any atom is -0.772 e. The van der Waals surface area contributed by atoms with Crippen molar-refractivity contribution in [3.05, 3.63) is 28.8 Å². The highest BCUT2D eigenvalue weighted by atomic mass is 35.5. The molecule has 0 heterocycles.